The third kappa shape index (κ3) is 8.35. The van der Waals surface area contributed by atoms with Gasteiger partial charge in [0.1, 0.15) is 0 Å². The minimum atomic E-state index is -0.837. The number of carboxylic acids is 1. The normalized spacial score (nSPS) is 17.5. The predicted molar refractivity (Wildman–Crippen MR) is 58.9 cm³/mol. The molecule has 0 aliphatic heterocycles. The molecule has 0 aromatic heterocycles. The Kier molecular flexibility index (Phi) is 5.79. The molecule has 0 aliphatic rings. The van der Waals surface area contributed by atoms with Crippen molar-refractivity contribution in [1.29, 1.82) is 0 Å². The fourth-order valence-electron chi connectivity index (χ4n) is 1.47. The third-order valence-corrected chi connectivity index (χ3v) is 1.97. The van der Waals surface area contributed by atoms with Crippen LogP contribution in [0.5, 0.6) is 0 Å². The highest BCUT2D eigenvalue weighted by molar-refractivity contribution is 5.67. The van der Waals surface area contributed by atoms with E-state index in [0.29, 0.717) is 13.1 Å². The van der Waals surface area contributed by atoms with Gasteiger partial charge in [-0.25, -0.2) is 0 Å². The maximum Gasteiger partial charge on any atom is 0.304 e. The van der Waals surface area contributed by atoms with Crippen LogP contribution < -0.4 is 5.32 Å². The van der Waals surface area contributed by atoms with Gasteiger partial charge in [0.2, 0.25) is 0 Å². The number of nitrogens with one attached hydrogen (secondary N) is 1. The topological polar surface area (TPSA) is 72.8 Å². The quantitative estimate of drug-likeness (QED) is 0.549. The largest absolute Gasteiger partial charge is 0.481 e. The highest BCUT2D eigenvalue weighted by Crippen LogP contribution is 2.03. The Labute approximate surface area is 91.1 Å². The summed E-state index contributed by atoms with van der Waals surface area (Å²) in [5.74, 6) is -0.831. The molecule has 0 radical (unpaired) electrons. The molecule has 0 saturated heterocycles. The highest BCUT2D eigenvalue weighted by atomic mass is 16.4. The Morgan fingerprint density at radius 2 is 2.07 bits per heavy atom. The lowest BCUT2D eigenvalue weighted by Gasteiger charge is -2.28. The zero-order valence-corrected chi connectivity index (χ0v) is 9.95. The van der Waals surface area contributed by atoms with E-state index in [2.05, 4.69) is 5.32 Å². The minimum absolute atomic E-state index is 0.0675. The van der Waals surface area contributed by atoms with Crippen LogP contribution in [0.2, 0.25) is 0 Å². The van der Waals surface area contributed by atoms with Gasteiger partial charge < -0.3 is 20.4 Å². The molecule has 2 unspecified atom stereocenters. The second-order valence-electron chi connectivity index (χ2n) is 4.61. The molecule has 0 aromatic carbocycles. The Bertz CT molecular complexity index is 205. The van der Waals surface area contributed by atoms with Crippen molar-refractivity contribution < 1.29 is 15.0 Å². The highest BCUT2D eigenvalue weighted by Gasteiger charge is 2.22. The van der Waals surface area contributed by atoms with Crippen LogP contribution in [-0.4, -0.2) is 59.9 Å². The van der Waals surface area contributed by atoms with Gasteiger partial charge in [0.15, 0.2) is 0 Å². The standard InChI is InChI=1S/C10H22N2O3/c1-8(5-9(13)14)11-6-10(2,15)7-12(3)4/h8,11,15H,5-7H2,1-4H3,(H,13,14). The number of likely N-dealkylation sites (N-methyl/N-ethyl adjacent to an activating group) is 1. The Hall–Kier alpha value is -0.650. The zero-order valence-electron chi connectivity index (χ0n) is 9.95. The zero-order chi connectivity index (χ0) is 12.1. The number of aliphatic hydroxyl groups is 1. The van der Waals surface area contributed by atoms with E-state index in [1.54, 1.807) is 13.8 Å². The molecule has 0 aliphatic carbocycles. The lowest BCUT2D eigenvalue weighted by molar-refractivity contribution is -0.137. The van der Waals surface area contributed by atoms with Gasteiger partial charge in [0, 0.05) is 19.1 Å². The van der Waals surface area contributed by atoms with Crippen LogP contribution in [0.4, 0.5) is 0 Å². The van der Waals surface area contributed by atoms with Gasteiger partial charge in [-0.2, -0.15) is 0 Å². The number of hydrogen-bond donors (Lipinski definition) is 3. The van der Waals surface area contributed by atoms with Crippen molar-refractivity contribution in [2.75, 3.05) is 27.2 Å². The number of hydrogen-bond acceptors (Lipinski definition) is 4. The second kappa shape index (κ2) is 6.05. The maximum atomic E-state index is 10.4. The Morgan fingerprint density at radius 1 is 1.53 bits per heavy atom. The fourth-order valence-corrected chi connectivity index (χ4v) is 1.47. The lowest BCUT2D eigenvalue weighted by Crippen LogP contribution is -2.48. The van der Waals surface area contributed by atoms with Crippen LogP contribution in [0.1, 0.15) is 20.3 Å². The van der Waals surface area contributed by atoms with Crippen molar-refractivity contribution >= 4 is 5.97 Å². The van der Waals surface area contributed by atoms with Crippen LogP contribution in [0.15, 0.2) is 0 Å². The van der Waals surface area contributed by atoms with Crippen LogP contribution in [0.25, 0.3) is 0 Å². The Morgan fingerprint density at radius 3 is 2.47 bits per heavy atom. The lowest BCUT2D eigenvalue weighted by atomic mass is 10.1. The molecule has 2 atom stereocenters. The third-order valence-electron chi connectivity index (χ3n) is 1.97. The van der Waals surface area contributed by atoms with Crippen molar-refractivity contribution in [1.82, 2.24) is 10.2 Å². The van der Waals surface area contributed by atoms with E-state index in [0.717, 1.165) is 0 Å². The van der Waals surface area contributed by atoms with E-state index < -0.39 is 11.6 Å². The summed E-state index contributed by atoms with van der Waals surface area (Å²) in [6, 6.07) is -0.129. The summed E-state index contributed by atoms with van der Waals surface area (Å²) in [7, 11) is 3.77. The summed E-state index contributed by atoms with van der Waals surface area (Å²) in [6.07, 6.45) is 0.0675. The van der Waals surface area contributed by atoms with Crippen LogP contribution >= 0.6 is 0 Å². The SMILES string of the molecule is CC(CC(=O)O)NCC(C)(O)CN(C)C. The van der Waals surface area contributed by atoms with Crippen molar-refractivity contribution in [2.45, 2.75) is 31.9 Å². The molecule has 0 heterocycles. The van der Waals surface area contributed by atoms with Crippen LogP contribution in [0, 0.1) is 0 Å². The van der Waals surface area contributed by atoms with Gasteiger partial charge in [-0.1, -0.05) is 0 Å². The average Bonchev–Trinajstić information content (AvgIpc) is 1.97. The summed E-state index contributed by atoms with van der Waals surface area (Å²) >= 11 is 0. The smallest absolute Gasteiger partial charge is 0.304 e. The molecule has 5 nitrogen and oxygen atoms in total. The van der Waals surface area contributed by atoms with Crippen molar-refractivity contribution in [3.8, 4) is 0 Å². The summed E-state index contributed by atoms with van der Waals surface area (Å²) in [6.45, 7) is 4.45. The minimum Gasteiger partial charge on any atom is -0.481 e. The molecule has 5 heteroatoms. The van der Waals surface area contributed by atoms with E-state index in [-0.39, 0.29) is 12.5 Å². The fraction of sp³-hybridized carbons (Fsp3) is 0.900. The monoisotopic (exact) mass is 218 g/mol. The van der Waals surface area contributed by atoms with Gasteiger partial charge >= 0.3 is 5.97 Å². The molecule has 0 fully saturated rings. The van der Waals surface area contributed by atoms with Crippen molar-refractivity contribution in [3.05, 3.63) is 0 Å². The molecule has 0 bridgehead atoms. The van der Waals surface area contributed by atoms with Crippen LogP contribution in [0.3, 0.4) is 0 Å². The summed E-state index contributed by atoms with van der Waals surface area (Å²) in [4.78, 5) is 12.3. The van der Waals surface area contributed by atoms with E-state index in [1.165, 1.54) is 0 Å². The van der Waals surface area contributed by atoms with Crippen LogP contribution in [-0.2, 0) is 4.79 Å². The van der Waals surface area contributed by atoms with E-state index >= 15 is 0 Å². The first-order valence-corrected chi connectivity index (χ1v) is 5.05. The first-order valence-electron chi connectivity index (χ1n) is 5.05. The van der Waals surface area contributed by atoms with Gasteiger partial charge in [-0.05, 0) is 27.9 Å². The summed E-state index contributed by atoms with van der Waals surface area (Å²) in [5.41, 5.74) is -0.837. The molecule has 0 amide bonds. The number of carboxylic acid groups (broad SMARTS) is 1. The van der Waals surface area contributed by atoms with Gasteiger partial charge in [-0.15, -0.1) is 0 Å². The average molecular weight is 218 g/mol. The van der Waals surface area contributed by atoms with E-state index in [4.69, 9.17) is 5.11 Å². The van der Waals surface area contributed by atoms with Gasteiger partial charge in [0.25, 0.3) is 0 Å². The number of aliphatic carboxylic acids is 1. The second-order valence-corrected chi connectivity index (χ2v) is 4.61. The molecule has 0 rings (SSSR count). The number of carbonyl (C=O) groups is 1. The Balaban J connectivity index is 3.86. The predicted octanol–water partition coefficient (Wildman–Crippen LogP) is -0.248. The van der Waals surface area contributed by atoms with E-state index in [9.17, 15) is 9.90 Å². The maximum absolute atomic E-state index is 10.4. The van der Waals surface area contributed by atoms with E-state index in [1.807, 2.05) is 19.0 Å². The van der Waals surface area contributed by atoms with Gasteiger partial charge in [-0.3, -0.25) is 4.79 Å². The molecule has 0 saturated carbocycles. The van der Waals surface area contributed by atoms with Crippen molar-refractivity contribution in [2.24, 2.45) is 0 Å². The number of rotatable bonds is 7. The molecule has 90 valence electrons. The molecule has 0 spiro atoms. The van der Waals surface area contributed by atoms with Gasteiger partial charge in [0.05, 0.1) is 12.0 Å². The molecular weight excluding hydrogens is 196 g/mol. The van der Waals surface area contributed by atoms with Crippen molar-refractivity contribution in [3.63, 3.8) is 0 Å². The molecule has 3 N–H and O–H groups in total. The number of nitrogens with zero attached hydrogens (tertiary/aromatic N) is 1. The molecule has 0 aromatic rings. The summed E-state index contributed by atoms with van der Waals surface area (Å²) in [5, 5.41) is 21.5. The molecular formula is C10H22N2O3. The summed E-state index contributed by atoms with van der Waals surface area (Å²) < 4.78 is 0. The first-order chi connectivity index (χ1) is 6.73. The molecule has 15 heavy (non-hydrogen) atoms. The first kappa shape index (κ1) is 14.3.